The van der Waals surface area contributed by atoms with E-state index in [9.17, 15) is 0 Å². The zero-order valence-electron chi connectivity index (χ0n) is 16.2. The first kappa shape index (κ1) is 20.7. The van der Waals surface area contributed by atoms with E-state index in [2.05, 4.69) is 52.8 Å². The topological polar surface area (TPSA) is 29.5 Å². The van der Waals surface area contributed by atoms with E-state index in [1.807, 2.05) is 19.1 Å². The third-order valence-electron chi connectivity index (χ3n) is 4.65. The highest BCUT2D eigenvalue weighted by Crippen LogP contribution is 2.44. The summed E-state index contributed by atoms with van der Waals surface area (Å²) in [4.78, 5) is 0. The Hall–Kier alpha value is -1.38. The molecule has 0 aromatic heterocycles. The highest BCUT2D eigenvalue weighted by molar-refractivity contribution is 5.40. The molecule has 0 amide bonds. The lowest BCUT2D eigenvalue weighted by Crippen LogP contribution is -2.13. The van der Waals surface area contributed by atoms with Gasteiger partial charge in [0.2, 0.25) is 0 Å². The molecule has 2 nitrogen and oxygen atoms in total. The monoisotopic (exact) mass is 330 g/mol. The van der Waals surface area contributed by atoms with Crippen LogP contribution in [0.4, 0.5) is 0 Å². The standard InChI is InChI=1S/C22H34O2/c1-7-24-19(4)20-13-15-22(5,6)21(20)12-11-17(2)9-8-10-18(3)14-16-23/h8-12,14,19,23H,7,13,15-16H2,1-6H3. The summed E-state index contributed by atoms with van der Waals surface area (Å²) in [5, 5.41) is 8.86. The highest BCUT2D eigenvalue weighted by atomic mass is 16.5. The Labute approximate surface area is 148 Å². The fourth-order valence-electron chi connectivity index (χ4n) is 3.09. The molecule has 1 N–H and O–H groups in total. The summed E-state index contributed by atoms with van der Waals surface area (Å²) in [7, 11) is 0. The van der Waals surface area contributed by atoms with E-state index in [-0.39, 0.29) is 18.1 Å². The van der Waals surface area contributed by atoms with Crippen molar-refractivity contribution < 1.29 is 9.84 Å². The van der Waals surface area contributed by atoms with Crippen molar-refractivity contribution in [3.8, 4) is 0 Å². The predicted molar refractivity (Wildman–Crippen MR) is 104 cm³/mol. The van der Waals surface area contributed by atoms with Crippen LogP contribution < -0.4 is 0 Å². The number of ether oxygens (including phenoxy) is 1. The minimum absolute atomic E-state index is 0.0861. The quantitative estimate of drug-likeness (QED) is 0.593. The van der Waals surface area contributed by atoms with Crippen LogP contribution in [0, 0.1) is 5.41 Å². The first-order chi connectivity index (χ1) is 11.3. The van der Waals surface area contributed by atoms with Crippen LogP contribution in [0.3, 0.4) is 0 Å². The smallest absolute Gasteiger partial charge is 0.0762 e. The van der Waals surface area contributed by atoms with Crippen LogP contribution in [-0.4, -0.2) is 24.4 Å². The van der Waals surface area contributed by atoms with Gasteiger partial charge in [0, 0.05) is 6.61 Å². The van der Waals surface area contributed by atoms with E-state index >= 15 is 0 Å². The van der Waals surface area contributed by atoms with Crippen molar-refractivity contribution in [2.45, 2.75) is 60.5 Å². The average Bonchev–Trinajstić information content (AvgIpc) is 2.80. The molecule has 24 heavy (non-hydrogen) atoms. The fraction of sp³-hybridized carbons (Fsp3) is 0.545. The van der Waals surface area contributed by atoms with Crippen LogP contribution in [0.15, 0.2) is 58.7 Å². The molecule has 0 heterocycles. The normalized spacial score (nSPS) is 20.6. The lowest BCUT2D eigenvalue weighted by atomic mass is 9.84. The third-order valence-corrected chi connectivity index (χ3v) is 4.65. The van der Waals surface area contributed by atoms with Crippen molar-refractivity contribution in [3.63, 3.8) is 0 Å². The summed E-state index contributed by atoms with van der Waals surface area (Å²) in [5.74, 6) is 0. The Bertz CT molecular complexity index is 557. The van der Waals surface area contributed by atoms with Gasteiger partial charge in [-0.1, -0.05) is 61.4 Å². The molecule has 1 unspecified atom stereocenters. The van der Waals surface area contributed by atoms with E-state index in [1.165, 1.54) is 23.1 Å². The minimum atomic E-state index is 0.0861. The first-order valence-corrected chi connectivity index (χ1v) is 8.97. The fourth-order valence-corrected chi connectivity index (χ4v) is 3.09. The lowest BCUT2D eigenvalue weighted by Gasteiger charge is -2.22. The summed E-state index contributed by atoms with van der Waals surface area (Å²) in [6.45, 7) is 13.8. The molecule has 0 radical (unpaired) electrons. The molecule has 0 bridgehead atoms. The van der Waals surface area contributed by atoms with Gasteiger partial charge in [0.1, 0.15) is 0 Å². The Balaban J connectivity index is 2.91. The van der Waals surface area contributed by atoms with E-state index in [1.54, 1.807) is 6.08 Å². The molecular formula is C22H34O2. The van der Waals surface area contributed by atoms with Crippen molar-refractivity contribution >= 4 is 0 Å². The van der Waals surface area contributed by atoms with Crippen LogP contribution >= 0.6 is 0 Å². The second kappa shape index (κ2) is 9.80. The Morgan fingerprint density at radius 1 is 1.25 bits per heavy atom. The molecule has 0 aliphatic heterocycles. The maximum absolute atomic E-state index is 8.86. The third kappa shape index (κ3) is 6.26. The second-order valence-corrected chi connectivity index (χ2v) is 7.15. The average molecular weight is 331 g/mol. The number of rotatable bonds is 8. The molecule has 1 atom stereocenters. The van der Waals surface area contributed by atoms with Gasteiger partial charge in [0.05, 0.1) is 12.7 Å². The predicted octanol–water partition coefficient (Wildman–Crippen LogP) is 5.53. The highest BCUT2D eigenvalue weighted by Gasteiger charge is 2.32. The summed E-state index contributed by atoms with van der Waals surface area (Å²) in [5.41, 5.74) is 5.37. The van der Waals surface area contributed by atoms with Crippen molar-refractivity contribution in [1.29, 1.82) is 0 Å². The molecule has 0 aromatic carbocycles. The van der Waals surface area contributed by atoms with Crippen molar-refractivity contribution in [3.05, 3.63) is 58.7 Å². The summed E-state index contributed by atoms with van der Waals surface area (Å²) in [6.07, 6.45) is 14.9. The van der Waals surface area contributed by atoms with Crippen molar-refractivity contribution in [2.24, 2.45) is 5.41 Å². The molecule has 134 valence electrons. The van der Waals surface area contributed by atoms with Gasteiger partial charge in [-0.3, -0.25) is 0 Å². The summed E-state index contributed by atoms with van der Waals surface area (Å²) >= 11 is 0. The summed E-state index contributed by atoms with van der Waals surface area (Å²) in [6, 6.07) is 0. The largest absolute Gasteiger partial charge is 0.392 e. The number of hydrogen-bond acceptors (Lipinski definition) is 2. The molecule has 0 fully saturated rings. The number of hydrogen-bond donors (Lipinski definition) is 1. The number of aliphatic hydroxyl groups excluding tert-OH is 1. The zero-order chi connectivity index (χ0) is 18.2. The Morgan fingerprint density at radius 3 is 2.58 bits per heavy atom. The van der Waals surface area contributed by atoms with Gasteiger partial charge in [0.15, 0.2) is 0 Å². The van der Waals surface area contributed by atoms with Crippen LogP contribution in [0.5, 0.6) is 0 Å². The van der Waals surface area contributed by atoms with Gasteiger partial charge in [-0.25, -0.2) is 0 Å². The maximum Gasteiger partial charge on any atom is 0.0762 e. The lowest BCUT2D eigenvalue weighted by molar-refractivity contribution is 0.0994. The molecule has 0 aromatic rings. The van der Waals surface area contributed by atoms with E-state index in [0.29, 0.717) is 0 Å². The molecular weight excluding hydrogens is 296 g/mol. The van der Waals surface area contributed by atoms with Gasteiger partial charge in [0.25, 0.3) is 0 Å². The van der Waals surface area contributed by atoms with Gasteiger partial charge < -0.3 is 9.84 Å². The van der Waals surface area contributed by atoms with E-state index < -0.39 is 0 Å². The van der Waals surface area contributed by atoms with Gasteiger partial charge >= 0.3 is 0 Å². The summed E-state index contributed by atoms with van der Waals surface area (Å²) < 4.78 is 5.83. The van der Waals surface area contributed by atoms with Crippen LogP contribution in [-0.2, 0) is 4.74 Å². The van der Waals surface area contributed by atoms with Gasteiger partial charge in [-0.05, 0) is 57.1 Å². The van der Waals surface area contributed by atoms with E-state index in [0.717, 1.165) is 18.6 Å². The molecule has 1 aliphatic carbocycles. The van der Waals surface area contributed by atoms with Crippen LogP contribution in [0.2, 0.25) is 0 Å². The zero-order valence-corrected chi connectivity index (χ0v) is 16.2. The Morgan fingerprint density at radius 2 is 1.96 bits per heavy atom. The molecule has 0 spiro atoms. The van der Waals surface area contributed by atoms with Gasteiger partial charge in [-0.15, -0.1) is 0 Å². The molecule has 0 saturated heterocycles. The Kier molecular flexibility index (Phi) is 8.44. The number of aliphatic hydroxyl groups is 1. The van der Waals surface area contributed by atoms with Crippen molar-refractivity contribution in [2.75, 3.05) is 13.2 Å². The molecule has 2 heteroatoms. The molecule has 1 rings (SSSR count). The SMILES string of the molecule is CCOC(C)C1=C(C=CC(C)=CC=CC(C)=CCO)C(C)(C)CC1. The van der Waals surface area contributed by atoms with Crippen LogP contribution in [0.25, 0.3) is 0 Å². The van der Waals surface area contributed by atoms with Crippen molar-refractivity contribution in [1.82, 2.24) is 0 Å². The minimum Gasteiger partial charge on any atom is -0.392 e. The number of allylic oxidation sites excluding steroid dienone is 8. The maximum atomic E-state index is 8.86. The van der Waals surface area contributed by atoms with E-state index in [4.69, 9.17) is 9.84 Å². The van der Waals surface area contributed by atoms with Gasteiger partial charge in [-0.2, -0.15) is 0 Å². The van der Waals surface area contributed by atoms with Crippen LogP contribution in [0.1, 0.15) is 54.4 Å². The molecule has 1 aliphatic rings. The second-order valence-electron chi connectivity index (χ2n) is 7.15. The first-order valence-electron chi connectivity index (χ1n) is 8.97. The molecule has 0 saturated carbocycles.